The van der Waals surface area contributed by atoms with Gasteiger partial charge in [0.2, 0.25) is 0 Å². The van der Waals surface area contributed by atoms with Gasteiger partial charge in [0, 0.05) is 18.0 Å². The van der Waals surface area contributed by atoms with E-state index in [4.69, 9.17) is 0 Å². The first-order valence-electron chi connectivity index (χ1n) is 5.23. The van der Waals surface area contributed by atoms with Crippen LogP contribution in [-0.2, 0) is 10.2 Å². The summed E-state index contributed by atoms with van der Waals surface area (Å²) >= 11 is 0. The van der Waals surface area contributed by atoms with Crippen LogP contribution in [0.4, 0.5) is 9.57 Å². The van der Waals surface area contributed by atoms with Gasteiger partial charge >= 0.3 is 10.2 Å². The van der Waals surface area contributed by atoms with Crippen LogP contribution in [0.25, 0.3) is 0 Å². The number of carbonyl (C=O) groups excluding carboxylic acids is 1. The molecule has 1 N–H and O–H groups in total. The molecule has 0 radical (unpaired) electrons. The van der Waals surface area contributed by atoms with Gasteiger partial charge in [-0.15, -0.1) is 3.89 Å². The predicted molar refractivity (Wildman–Crippen MR) is 66.9 cm³/mol. The molecule has 0 aliphatic rings. The average Bonchev–Trinajstić information content (AvgIpc) is 2.39. The standard InChI is InChI=1S/C12H9FN2O3S/c13-19(17,18)11-4-2-1-3-10(11)15-12(16)9-5-7-14-8-6-9/h1-8H,(H,15,16). The minimum atomic E-state index is -4.89. The van der Waals surface area contributed by atoms with Crippen LogP contribution in [0.1, 0.15) is 10.4 Å². The van der Waals surface area contributed by atoms with Gasteiger partial charge in [-0.2, -0.15) is 8.42 Å². The van der Waals surface area contributed by atoms with Crippen LogP contribution in [0.3, 0.4) is 0 Å². The maximum Gasteiger partial charge on any atom is 0.334 e. The number of halogens is 1. The van der Waals surface area contributed by atoms with Crippen molar-refractivity contribution in [1.29, 1.82) is 0 Å². The van der Waals surface area contributed by atoms with Crippen molar-refractivity contribution in [3.63, 3.8) is 0 Å². The Morgan fingerprint density at radius 1 is 1.11 bits per heavy atom. The topological polar surface area (TPSA) is 76.1 Å². The second-order valence-electron chi connectivity index (χ2n) is 3.62. The molecular weight excluding hydrogens is 271 g/mol. The lowest BCUT2D eigenvalue weighted by molar-refractivity contribution is 0.102. The van der Waals surface area contributed by atoms with Crippen LogP contribution in [0.5, 0.6) is 0 Å². The number of nitrogens with zero attached hydrogens (tertiary/aromatic N) is 1. The van der Waals surface area contributed by atoms with Crippen LogP contribution in [-0.4, -0.2) is 19.3 Å². The Morgan fingerprint density at radius 3 is 2.37 bits per heavy atom. The number of carbonyl (C=O) groups is 1. The highest BCUT2D eigenvalue weighted by Crippen LogP contribution is 2.23. The lowest BCUT2D eigenvalue weighted by Crippen LogP contribution is -2.13. The second-order valence-corrected chi connectivity index (χ2v) is 4.94. The van der Waals surface area contributed by atoms with Crippen molar-refractivity contribution < 1.29 is 17.1 Å². The third-order valence-corrected chi connectivity index (χ3v) is 3.22. The average molecular weight is 280 g/mol. The first-order valence-corrected chi connectivity index (χ1v) is 6.62. The fourth-order valence-corrected chi connectivity index (χ4v) is 2.10. The minimum Gasteiger partial charge on any atom is -0.321 e. The maximum absolute atomic E-state index is 13.0. The smallest absolute Gasteiger partial charge is 0.321 e. The molecule has 2 rings (SSSR count). The van der Waals surface area contributed by atoms with Gasteiger partial charge < -0.3 is 5.32 Å². The highest BCUT2D eigenvalue weighted by Gasteiger charge is 2.18. The predicted octanol–water partition coefficient (Wildman–Crippen LogP) is 1.99. The van der Waals surface area contributed by atoms with Crippen molar-refractivity contribution in [1.82, 2.24) is 4.98 Å². The summed E-state index contributed by atoms with van der Waals surface area (Å²) in [6, 6.07) is 8.18. The van der Waals surface area contributed by atoms with Crippen LogP contribution in [0, 0.1) is 0 Å². The summed E-state index contributed by atoms with van der Waals surface area (Å²) < 4.78 is 34.9. The van der Waals surface area contributed by atoms with E-state index in [1.165, 1.54) is 42.7 Å². The van der Waals surface area contributed by atoms with E-state index in [-0.39, 0.29) is 5.69 Å². The van der Waals surface area contributed by atoms with Gasteiger partial charge in [0.25, 0.3) is 5.91 Å². The zero-order valence-corrected chi connectivity index (χ0v) is 10.4. The molecule has 0 bridgehead atoms. The van der Waals surface area contributed by atoms with E-state index in [1.807, 2.05) is 0 Å². The highest BCUT2D eigenvalue weighted by molar-refractivity contribution is 7.86. The fraction of sp³-hybridized carbons (Fsp3) is 0. The van der Waals surface area contributed by atoms with Gasteiger partial charge in [0.15, 0.2) is 0 Å². The zero-order valence-electron chi connectivity index (χ0n) is 9.58. The van der Waals surface area contributed by atoms with Crippen LogP contribution < -0.4 is 5.32 Å². The zero-order chi connectivity index (χ0) is 13.9. The molecule has 0 spiro atoms. The number of aromatic nitrogens is 1. The number of anilines is 1. The molecule has 1 aromatic heterocycles. The molecule has 2 aromatic rings. The SMILES string of the molecule is O=C(Nc1ccccc1S(=O)(=O)F)c1ccncc1. The lowest BCUT2D eigenvalue weighted by atomic mass is 10.2. The third-order valence-electron chi connectivity index (χ3n) is 2.34. The van der Waals surface area contributed by atoms with Crippen LogP contribution in [0.15, 0.2) is 53.7 Å². The molecule has 1 heterocycles. The van der Waals surface area contributed by atoms with Crippen molar-refractivity contribution in [3.8, 4) is 0 Å². The molecule has 5 nitrogen and oxygen atoms in total. The molecule has 0 aliphatic heterocycles. The first-order chi connectivity index (χ1) is 8.98. The quantitative estimate of drug-likeness (QED) is 0.872. The monoisotopic (exact) mass is 280 g/mol. The summed E-state index contributed by atoms with van der Waals surface area (Å²) in [4.78, 5) is 15.0. The van der Waals surface area contributed by atoms with Crippen molar-refractivity contribution >= 4 is 21.8 Å². The van der Waals surface area contributed by atoms with Crippen molar-refractivity contribution in [2.24, 2.45) is 0 Å². The summed E-state index contributed by atoms with van der Waals surface area (Å²) in [5.41, 5.74) is 0.188. The summed E-state index contributed by atoms with van der Waals surface area (Å²) in [6.45, 7) is 0. The first kappa shape index (κ1) is 13.2. The van der Waals surface area contributed by atoms with E-state index >= 15 is 0 Å². The normalized spacial score (nSPS) is 11.0. The lowest BCUT2D eigenvalue weighted by Gasteiger charge is -2.07. The summed E-state index contributed by atoms with van der Waals surface area (Å²) in [5.74, 6) is -0.543. The Labute approximate surface area is 109 Å². The van der Waals surface area contributed by atoms with E-state index in [9.17, 15) is 17.1 Å². The molecule has 0 aliphatic carbocycles. The summed E-state index contributed by atoms with van der Waals surface area (Å²) in [6.07, 6.45) is 2.85. The van der Waals surface area contributed by atoms with E-state index in [1.54, 1.807) is 0 Å². The summed E-state index contributed by atoms with van der Waals surface area (Å²) in [7, 11) is -4.89. The Bertz CT molecular complexity index is 702. The van der Waals surface area contributed by atoms with Crippen molar-refractivity contribution in [3.05, 3.63) is 54.4 Å². The molecule has 0 saturated heterocycles. The molecule has 0 saturated carbocycles. The number of hydrogen-bond acceptors (Lipinski definition) is 4. The minimum absolute atomic E-state index is 0.105. The molecule has 98 valence electrons. The Morgan fingerprint density at radius 2 is 1.74 bits per heavy atom. The molecular formula is C12H9FN2O3S. The molecule has 0 fully saturated rings. The molecule has 1 amide bonds. The van der Waals surface area contributed by atoms with Gasteiger partial charge in [-0.1, -0.05) is 12.1 Å². The highest BCUT2D eigenvalue weighted by atomic mass is 32.3. The molecule has 7 heteroatoms. The molecule has 1 aromatic carbocycles. The largest absolute Gasteiger partial charge is 0.334 e. The van der Waals surface area contributed by atoms with E-state index in [2.05, 4.69) is 10.3 Å². The Kier molecular flexibility index (Phi) is 3.57. The number of para-hydroxylation sites is 1. The molecule has 19 heavy (non-hydrogen) atoms. The third kappa shape index (κ3) is 3.14. The number of rotatable bonds is 3. The van der Waals surface area contributed by atoms with Crippen molar-refractivity contribution in [2.45, 2.75) is 4.90 Å². The number of nitrogens with one attached hydrogen (secondary N) is 1. The Balaban J connectivity index is 2.33. The molecule has 0 unspecified atom stereocenters. The number of amides is 1. The number of hydrogen-bond donors (Lipinski definition) is 1. The van der Waals surface area contributed by atoms with E-state index in [0.717, 1.165) is 6.07 Å². The number of pyridine rings is 1. The van der Waals surface area contributed by atoms with Gasteiger partial charge in [-0.25, -0.2) is 0 Å². The maximum atomic E-state index is 13.0. The van der Waals surface area contributed by atoms with Gasteiger partial charge in [0.05, 0.1) is 5.69 Å². The Hall–Kier alpha value is -2.28. The second kappa shape index (κ2) is 5.15. The van der Waals surface area contributed by atoms with E-state index in [0.29, 0.717) is 5.56 Å². The van der Waals surface area contributed by atoms with Gasteiger partial charge in [0.1, 0.15) is 4.90 Å². The number of benzene rings is 1. The fourth-order valence-electron chi connectivity index (χ4n) is 1.48. The van der Waals surface area contributed by atoms with Gasteiger partial charge in [-0.3, -0.25) is 9.78 Å². The van der Waals surface area contributed by atoms with E-state index < -0.39 is 21.0 Å². The van der Waals surface area contributed by atoms with Gasteiger partial charge in [-0.05, 0) is 24.3 Å². The van der Waals surface area contributed by atoms with Crippen LogP contribution in [0.2, 0.25) is 0 Å². The summed E-state index contributed by atoms with van der Waals surface area (Å²) in [5, 5.41) is 2.35. The molecule has 0 atom stereocenters. The van der Waals surface area contributed by atoms with Crippen molar-refractivity contribution in [2.75, 3.05) is 5.32 Å². The van der Waals surface area contributed by atoms with Crippen LogP contribution >= 0.6 is 0 Å².